The number of amides is 2. The molecule has 0 aromatic heterocycles. The number of anilines is 2. The van der Waals surface area contributed by atoms with Gasteiger partial charge in [-0.05, 0) is 109 Å². The van der Waals surface area contributed by atoms with Gasteiger partial charge in [-0.1, -0.05) is 50.9 Å². The van der Waals surface area contributed by atoms with Crippen LogP contribution < -0.4 is 21.1 Å². The fourth-order valence-corrected chi connectivity index (χ4v) is 10.2. The Morgan fingerprint density at radius 2 is 1.10 bits per heavy atom. The molecule has 10 nitrogen and oxygen atoms in total. The van der Waals surface area contributed by atoms with E-state index in [0.717, 1.165) is 12.1 Å². The summed E-state index contributed by atoms with van der Waals surface area (Å²) in [6.07, 6.45) is 1.88. The monoisotopic (exact) mass is 920 g/mol. The zero-order valence-corrected chi connectivity index (χ0v) is 36.2. The first-order valence-corrected chi connectivity index (χ1v) is 23.2. The average Bonchev–Trinajstić information content (AvgIpc) is 3.71. The Morgan fingerprint density at radius 1 is 0.678 bits per heavy atom. The van der Waals surface area contributed by atoms with Crippen molar-refractivity contribution in [2.75, 3.05) is 22.1 Å². The van der Waals surface area contributed by atoms with Crippen molar-refractivity contribution >= 4 is 76.1 Å². The molecule has 0 spiro atoms. The number of hydrogen-bond acceptors (Lipinski definition) is 7. The number of halogens is 7. The third-order valence-electron chi connectivity index (χ3n) is 8.97. The van der Waals surface area contributed by atoms with Crippen LogP contribution in [0.3, 0.4) is 0 Å². The average molecular weight is 922 g/mol. The maximum atomic E-state index is 14.5. The molecule has 0 radical (unpaired) electrons. The lowest BCUT2D eigenvalue weighted by atomic mass is 10.0. The first-order chi connectivity index (χ1) is 27.5. The van der Waals surface area contributed by atoms with Gasteiger partial charge in [-0.3, -0.25) is 9.59 Å². The Hall–Kier alpha value is -3.77. The minimum Gasteiger partial charge on any atom is -0.324 e. The number of nitrogens with two attached hydrogens (primary N) is 1. The summed E-state index contributed by atoms with van der Waals surface area (Å²) in [5.74, 6) is -2.96. The van der Waals surface area contributed by atoms with E-state index < -0.39 is 54.4 Å². The van der Waals surface area contributed by atoms with Crippen LogP contribution in [0, 0.1) is 35.1 Å². The number of rotatable bonds is 10. The topological polar surface area (TPSA) is 165 Å². The summed E-state index contributed by atoms with van der Waals surface area (Å²) in [6, 6.07) is 11.8. The molecule has 5 N–H and O–H groups in total. The molecule has 2 aliphatic rings. The van der Waals surface area contributed by atoms with E-state index >= 15 is 0 Å². The van der Waals surface area contributed by atoms with Crippen LogP contribution in [-0.4, -0.2) is 40.2 Å². The van der Waals surface area contributed by atoms with E-state index in [1.807, 2.05) is 0 Å². The van der Waals surface area contributed by atoms with E-state index in [1.165, 1.54) is 48.5 Å². The number of carbonyl (C=O) groups is 2. The fraction of sp³-hybridized carbons (Fsp3) is 0.350. The lowest BCUT2D eigenvalue weighted by Crippen LogP contribution is -2.31. The van der Waals surface area contributed by atoms with Crippen molar-refractivity contribution in [2.45, 2.75) is 65.5 Å². The van der Waals surface area contributed by atoms with Crippen molar-refractivity contribution in [3.8, 4) is 0 Å². The Morgan fingerprint density at radius 3 is 1.53 bits per heavy atom. The summed E-state index contributed by atoms with van der Waals surface area (Å²) in [5.41, 5.74) is 8.87. The van der Waals surface area contributed by atoms with Crippen LogP contribution in [0.2, 0.25) is 10.0 Å². The van der Waals surface area contributed by atoms with Crippen LogP contribution in [0.4, 0.5) is 28.9 Å². The van der Waals surface area contributed by atoms with Gasteiger partial charge in [0.25, 0.3) is 11.8 Å². The molecule has 0 fully saturated rings. The highest BCUT2D eigenvalue weighted by molar-refractivity contribution is 8.13. The molecular formula is C40H43Cl3F4N4O6S2. The van der Waals surface area contributed by atoms with Crippen molar-refractivity contribution in [1.29, 1.82) is 0 Å². The summed E-state index contributed by atoms with van der Waals surface area (Å²) >= 11 is 11.4. The van der Waals surface area contributed by atoms with Gasteiger partial charge in [0.15, 0.2) is 0 Å². The first-order valence-electron chi connectivity index (χ1n) is 18.3. The molecule has 6 rings (SSSR count). The minimum atomic E-state index is -3.58. The number of nitrogens with one attached hydrogen (secondary N) is 3. The zero-order valence-electron chi connectivity index (χ0n) is 32.3. The lowest BCUT2D eigenvalue weighted by molar-refractivity contribution is 0.101. The molecule has 59 heavy (non-hydrogen) atoms. The van der Waals surface area contributed by atoms with Gasteiger partial charge in [0.2, 0.25) is 19.1 Å². The van der Waals surface area contributed by atoms with Crippen LogP contribution in [0.5, 0.6) is 0 Å². The van der Waals surface area contributed by atoms with E-state index in [0.29, 0.717) is 59.3 Å². The molecule has 320 valence electrons. The quantitative estimate of drug-likeness (QED) is 0.0909. The molecule has 0 aliphatic heterocycles. The molecule has 0 saturated carbocycles. The Balaban J connectivity index is 0.000000226. The van der Waals surface area contributed by atoms with Gasteiger partial charge in [-0.15, -0.1) is 0 Å². The summed E-state index contributed by atoms with van der Waals surface area (Å²) in [4.78, 5) is 25.1. The normalized spacial score (nSPS) is 15.8. The molecule has 2 amide bonds. The highest BCUT2D eigenvalue weighted by atomic mass is 35.7. The molecule has 0 heterocycles. The highest BCUT2D eigenvalue weighted by Gasteiger charge is 2.33. The third kappa shape index (κ3) is 13.4. The summed E-state index contributed by atoms with van der Waals surface area (Å²) in [7, 11) is -1.93. The van der Waals surface area contributed by atoms with E-state index in [9.17, 15) is 44.0 Å². The second-order valence-corrected chi connectivity index (χ2v) is 20.2. The van der Waals surface area contributed by atoms with Crippen molar-refractivity contribution in [3.05, 3.63) is 127 Å². The zero-order chi connectivity index (χ0) is 44.0. The lowest BCUT2D eigenvalue weighted by Gasteiger charge is -2.17. The highest BCUT2D eigenvalue weighted by Crippen LogP contribution is 2.37. The second-order valence-electron chi connectivity index (χ2n) is 14.8. The van der Waals surface area contributed by atoms with Crippen LogP contribution in [0.15, 0.2) is 60.7 Å². The van der Waals surface area contributed by atoms with Gasteiger partial charge < -0.3 is 16.4 Å². The number of fused-ring (bicyclic) bond motifs is 2. The predicted octanol–water partition coefficient (Wildman–Crippen LogP) is 9.46. The molecule has 19 heteroatoms. The van der Waals surface area contributed by atoms with Crippen molar-refractivity contribution in [1.82, 2.24) is 4.72 Å². The van der Waals surface area contributed by atoms with Crippen LogP contribution in [0.1, 0.15) is 95.6 Å². The molecule has 2 aliphatic carbocycles. The van der Waals surface area contributed by atoms with Crippen LogP contribution >= 0.6 is 33.9 Å². The molecular weight excluding hydrogens is 879 g/mol. The number of benzene rings is 4. The van der Waals surface area contributed by atoms with Gasteiger partial charge in [-0.25, -0.2) is 39.1 Å². The summed E-state index contributed by atoms with van der Waals surface area (Å²) < 4.78 is 102. The molecule has 2 atom stereocenters. The summed E-state index contributed by atoms with van der Waals surface area (Å²) in [6.45, 7) is 7.18. The first kappa shape index (κ1) is 47.9. The number of hydrogen-bond donors (Lipinski definition) is 4. The molecule has 0 unspecified atom stereocenters. The molecule has 0 bridgehead atoms. The summed E-state index contributed by atoms with van der Waals surface area (Å²) in [5, 5.41) is 5.04. The standard InChI is InChI=1S/C20H21ClF2N2O3S.C16H13ClF2N2O.C4H9ClO2S/c1-11(2)10-29(27,28)25-18-8-5-13-14(4-7-17(23)19(13)18)20(26)24-12-3-6-16(22)15(21)9-12;17-11-7-8(1-4-12(11)18)21-16(22)10-2-5-13(19)15-9(10)3-6-14(15)20;1-4(2)3-8(5,6)7/h3-4,6-7,9,11,18,25H,5,8,10H2,1-2H3,(H,24,26);1-2,4-5,7,14H,3,6,20H2,(H,21,22);4H,3H2,1-2H3/t18-;14-;/m00./s1. The van der Waals surface area contributed by atoms with Gasteiger partial charge in [0.1, 0.15) is 23.3 Å². The maximum Gasteiger partial charge on any atom is 0.255 e. The molecule has 0 saturated heterocycles. The van der Waals surface area contributed by atoms with E-state index in [-0.39, 0.29) is 56.4 Å². The fourth-order valence-electron chi connectivity index (χ4n) is 6.66. The largest absolute Gasteiger partial charge is 0.324 e. The van der Waals surface area contributed by atoms with Gasteiger partial charge in [0.05, 0.1) is 27.6 Å². The van der Waals surface area contributed by atoms with E-state index in [2.05, 4.69) is 15.4 Å². The van der Waals surface area contributed by atoms with Crippen molar-refractivity contribution in [3.63, 3.8) is 0 Å². The van der Waals surface area contributed by atoms with E-state index in [4.69, 9.17) is 39.6 Å². The Labute approximate surface area is 355 Å². The predicted molar refractivity (Wildman–Crippen MR) is 224 cm³/mol. The second kappa shape index (κ2) is 20.2. The molecule has 4 aromatic carbocycles. The van der Waals surface area contributed by atoms with Crippen LogP contribution in [-0.2, 0) is 31.9 Å². The van der Waals surface area contributed by atoms with Gasteiger partial charge in [-0.2, -0.15) is 0 Å². The van der Waals surface area contributed by atoms with Crippen molar-refractivity contribution in [2.24, 2.45) is 17.6 Å². The van der Waals surface area contributed by atoms with Crippen molar-refractivity contribution < 1.29 is 44.0 Å². The van der Waals surface area contributed by atoms with Gasteiger partial charge >= 0.3 is 0 Å². The molecule has 4 aromatic rings. The van der Waals surface area contributed by atoms with Gasteiger partial charge in [0, 0.05) is 50.4 Å². The Kier molecular flexibility index (Phi) is 16.4. The van der Waals surface area contributed by atoms with Crippen LogP contribution in [0.25, 0.3) is 0 Å². The van der Waals surface area contributed by atoms with E-state index in [1.54, 1.807) is 27.7 Å². The third-order valence-corrected chi connectivity index (χ3v) is 12.7. The Bertz CT molecular complexity index is 2440. The number of sulfonamides is 1. The number of carbonyl (C=O) groups excluding carboxylic acids is 2. The maximum absolute atomic E-state index is 14.5. The minimum absolute atomic E-state index is 0.0635. The smallest absolute Gasteiger partial charge is 0.255 e. The SMILES string of the molecule is CC(C)CS(=O)(=O)Cl.CC(C)CS(=O)(=O)N[C@H]1CCc2c(C(=O)Nc3ccc(F)c(Cl)c3)ccc(F)c21.N[C@H]1CCc2c(C(=O)Nc3ccc(F)c(Cl)c3)ccc(F)c21.